The number of aliphatic carboxylic acids is 1. The number of primary amides is 1. The van der Waals surface area contributed by atoms with E-state index in [4.69, 9.17) is 22.3 Å². The highest BCUT2D eigenvalue weighted by atomic mass is 16.5. The molecule has 8 heteroatoms. The molecule has 0 rings (SSSR count). The lowest BCUT2D eigenvalue weighted by molar-refractivity contribution is -0.149. The Kier molecular flexibility index (Phi) is 6.04. The molecule has 0 heterocycles. The van der Waals surface area contributed by atoms with Gasteiger partial charge in [0.05, 0.1) is 0 Å². The third-order valence-electron chi connectivity index (χ3n) is 1.73. The zero-order valence-corrected chi connectivity index (χ0v) is 8.59. The maximum Gasteiger partial charge on any atom is 0.324 e. The molecule has 0 radical (unpaired) electrons. The van der Waals surface area contributed by atoms with Gasteiger partial charge in [-0.25, -0.2) is 0 Å². The van der Waals surface area contributed by atoms with E-state index >= 15 is 0 Å². The summed E-state index contributed by atoms with van der Waals surface area (Å²) in [6, 6.07) is -2.29. The predicted octanol–water partition coefficient (Wildman–Crippen LogP) is -2.47. The minimum atomic E-state index is -1.28. The highest BCUT2D eigenvalue weighted by Crippen LogP contribution is 1.97. The SMILES string of the molecule is NC(=O)CC[C@@H](N)C(=O)OC[C@H](N)C(=O)O. The molecule has 92 valence electrons. The van der Waals surface area contributed by atoms with E-state index in [1.807, 2.05) is 0 Å². The summed E-state index contributed by atoms with van der Waals surface area (Å²) in [5.74, 6) is -2.66. The molecule has 0 bridgehead atoms. The molecule has 0 fully saturated rings. The Bertz CT molecular complexity index is 281. The lowest BCUT2D eigenvalue weighted by Gasteiger charge is -2.12. The van der Waals surface area contributed by atoms with Gasteiger partial charge in [-0.2, -0.15) is 0 Å². The van der Waals surface area contributed by atoms with Gasteiger partial charge in [-0.3, -0.25) is 14.4 Å². The van der Waals surface area contributed by atoms with Gasteiger partial charge in [0.1, 0.15) is 18.7 Å². The van der Waals surface area contributed by atoms with Crippen molar-refractivity contribution in [3.05, 3.63) is 0 Å². The maximum absolute atomic E-state index is 11.1. The molecule has 0 saturated carbocycles. The largest absolute Gasteiger partial charge is 0.480 e. The van der Waals surface area contributed by atoms with Crippen molar-refractivity contribution < 1.29 is 24.2 Å². The third-order valence-corrected chi connectivity index (χ3v) is 1.73. The Labute approximate surface area is 91.7 Å². The summed E-state index contributed by atoms with van der Waals surface area (Å²) in [6.45, 7) is -0.460. The van der Waals surface area contributed by atoms with Crippen LogP contribution in [0.15, 0.2) is 0 Å². The number of hydrogen-bond acceptors (Lipinski definition) is 6. The topological polar surface area (TPSA) is 159 Å². The minimum Gasteiger partial charge on any atom is -0.480 e. The first-order valence-corrected chi connectivity index (χ1v) is 4.53. The first-order valence-electron chi connectivity index (χ1n) is 4.53. The monoisotopic (exact) mass is 233 g/mol. The summed E-state index contributed by atoms with van der Waals surface area (Å²) in [7, 11) is 0. The minimum absolute atomic E-state index is 0.0404. The van der Waals surface area contributed by atoms with Gasteiger partial charge in [-0.05, 0) is 6.42 Å². The van der Waals surface area contributed by atoms with Gasteiger partial charge in [-0.15, -0.1) is 0 Å². The van der Waals surface area contributed by atoms with Crippen LogP contribution in [0.4, 0.5) is 0 Å². The van der Waals surface area contributed by atoms with E-state index in [-0.39, 0.29) is 12.8 Å². The number of rotatable bonds is 7. The van der Waals surface area contributed by atoms with E-state index in [1.165, 1.54) is 0 Å². The molecule has 0 aromatic rings. The molecule has 1 amide bonds. The van der Waals surface area contributed by atoms with Gasteiger partial charge in [0.2, 0.25) is 5.91 Å². The molecule has 7 N–H and O–H groups in total. The first-order chi connectivity index (χ1) is 7.34. The second kappa shape index (κ2) is 6.75. The molecule has 0 saturated heterocycles. The summed E-state index contributed by atoms with van der Waals surface area (Å²) in [4.78, 5) is 31.8. The first kappa shape index (κ1) is 14.3. The van der Waals surface area contributed by atoms with Gasteiger partial charge in [0, 0.05) is 6.42 Å². The summed E-state index contributed by atoms with van der Waals surface area (Å²) < 4.78 is 4.54. The maximum atomic E-state index is 11.1. The van der Waals surface area contributed by atoms with Gasteiger partial charge >= 0.3 is 11.9 Å². The number of carbonyl (C=O) groups is 3. The molecule has 0 spiro atoms. The van der Waals surface area contributed by atoms with E-state index in [0.717, 1.165) is 0 Å². The summed E-state index contributed by atoms with van der Waals surface area (Å²) >= 11 is 0. The fourth-order valence-electron chi connectivity index (χ4n) is 0.766. The Hall–Kier alpha value is -1.67. The number of hydrogen-bond donors (Lipinski definition) is 4. The smallest absolute Gasteiger partial charge is 0.324 e. The van der Waals surface area contributed by atoms with Crippen molar-refractivity contribution in [2.45, 2.75) is 24.9 Å². The second-order valence-electron chi connectivity index (χ2n) is 3.19. The fourth-order valence-corrected chi connectivity index (χ4v) is 0.766. The van der Waals surface area contributed by atoms with Crippen molar-refractivity contribution in [1.29, 1.82) is 0 Å². The number of carboxylic acid groups (broad SMARTS) is 1. The highest BCUT2D eigenvalue weighted by molar-refractivity contribution is 5.79. The van der Waals surface area contributed by atoms with Gasteiger partial charge < -0.3 is 27.0 Å². The molecule has 0 aromatic carbocycles. The van der Waals surface area contributed by atoms with E-state index in [1.54, 1.807) is 0 Å². The lowest BCUT2D eigenvalue weighted by Crippen LogP contribution is -2.39. The van der Waals surface area contributed by atoms with E-state index in [0.29, 0.717) is 0 Å². The van der Waals surface area contributed by atoms with Crippen LogP contribution in [0.2, 0.25) is 0 Å². The number of nitrogens with two attached hydrogens (primary N) is 3. The summed E-state index contributed by atoms with van der Waals surface area (Å²) in [5, 5.41) is 8.40. The number of ether oxygens (including phenoxy) is 1. The Morgan fingerprint density at radius 3 is 2.19 bits per heavy atom. The van der Waals surface area contributed by atoms with Crippen LogP contribution in [0.3, 0.4) is 0 Å². The van der Waals surface area contributed by atoms with Crippen LogP contribution < -0.4 is 17.2 Å². The van der Waals surface area contributed by atoms with Gasteiger partial charge in [0.15, 0.2) is 0 Å². The molecule has 8 nitrogen and oxygen atoms in total. The molecule has 16 heavy (non-hydrogen) atoms. The lowest BCUT2D eigenvalue weighted by atomic mass is 10.1. The van der Waals surface area contributed by atoms with Crippen molar-refractivity contribution >= 4 is 17.8 Å². The Balaban J connectivity index is 3.87. The molecule has 0 aliphatic heterocycles. The Morgan fingerprint density at radius 1 is 1.19 bits per heavy atom. The van der Waals surface area contributed by atoms with Crippen molar-refractivity contribution in [3.8, 4) is 0 Å². The number of carboxylic acids is 1. The summed E-state index contributed by atoms with van der Waals surface area (Å²) in [6.07, 6.45) is 0.0116. The number of amides is 1. The van der Waals surface area contributed by atoms with Crippen molar-refractivity contribution in [2.75, 3.05) is 6.61 Å². The van der Waals surface area contributed by atoms with Crippen LogP contribution in [0.1, 0.15) is 12.8 Å². The van der Waals surface area contributed by atoms with E-state index < -0.39 is 36.5 Å². The van der Waals surface area contributed by atoms with Crippen molar-refractivity contribution in [1.82, 2.24) is 0 Å². The Morgan fingerprint density at radius 2 is 1.75 bits per heavy atom. The molecule has 2 atom stereocenters. The number of esters is 1. The standard InChI is InChI=1S/C8H15N3O5/c9-4(1-2-6(11)12)8(15)16-3-5(10)7(13)14/h4-5H,1-3,9-10H2,(H2,11,12)(H,13,14)/t4-,5+/m1/s1. The molecule has 0 aliphatic rings. The van der Waals surface area contributed by atoms with Crippen LogP contribution in [-0.4, -0.2) is 41.6 Å². The van der Waals surface area contributed by atoms with Crippen LogP contribution in [0.5, 0.6) is 0 Å². The zero-order chi connectivity index (χ0) is 12.7. The molecular formula is C8H15N3O5. The third kappa shape index (κ3) is 5.94. The predicted molar refractivity (Wildman–Crippen MR) is 53.0 cm³/mol. The summed E-state index contributed by atoms with van der Waals surface area (Å²) in [5.41, 5.74) is 15.3. The van der Waals surface area contributed by atoms with Crippen molar-refractivity contribution in [3.63, 3.8) is 0 Å². The zero-order valence-electron chi connectivity index (χ0n) is 8.59. The normalized spacial score (nSPS) is 13.9. The van der Waals surface area contributed by atoms with E-state index in [2.05, 4.69) is 4.74 Å². The average molecular weight is 233 g/mol. The van der Waals surface area contributed by atoms with Gasteiger partial charge in [-0.1, -0.05) is 0 Å². The fraction of sp³-hybridized carbons (Fsp3) is 0.625. The van der Waals surface area contributed by atoms with Crippen LogP contribution in [0, 0.1) is 0 Å². The molecule has 0 unspecified atom stereocenters. The van der Waals surface area contributed by atoms with Crippen LogP contribution >= 0.6 is 0 Å². The average Bonchev–Trinajstić information content (AvgIpc) is 2.21. The van der Waals surface area contributed by atoms with Crippen molar-refractivity contribution in [2.24, 2.45) is 17.2 Å². The second-order valence-corrected chi connectivity index (χ2v) is 3.19. The molecule has 0 aliphatic carbocycles. The van der Waals surface area contributed by atoms with Crippen LogP contribution in [-0.2, 0) is 19.1 Å². The van der Waals surface area contributed by atoms with Crippen LogP contribution in [0.25, 0.3) is 0 Å². The highest BCUT2D eigenvalue weighted by Gasteiger charge is 2.19. The van der Waals surface area contributed by atoms with E-state index in [9.17, 15) is 14.4 Å². The number of carbonyl (C=O) groups excluding carboxylic acids is 2. The quantitative estimate of drug-likeness (QED) is 0.354. The molecular weight excluding hydrogens is 218 g/mol. The molecule has 0 aromatic heterocycles. The van der Waals surface area contributed by atoms with Gasteiger partial charge in [0.25, 0.3) is 0 Å².